The smallest absolute Gasteiger partial charge is 0.00249 e. The molecular formula is C30H53N. The van der Waals surface area contributed by atoms with Crippen molar-refractivity contribution in [3.8, 4) is 0 Å². The molecule has 0 amide bonds. The fraction of sp³-hybridized carbons (Fsp3) is 0.733. The van der Waals surface area contributed by atoms with Gasteiger partial charge in [-0.05, 0) is 49.1 Å². The molecular weight excluding hydrogens is 374 g/mol. The average Bonchev–Trinajstić information content (AvgIpc) is 2.72. The zero-order chi connectivity index (χ0) is 22.9. The van der Waals surface area contributed by atoms with E-state index >= 15 is 0 Å². The van der Waals surface area contributed by atoms with Crippen LogP contribution in [0.5, 0.6) is 0 Å². The van der Waals surface area contributed by atoms with E-state index in [2.05, 4.69) is 76.6 Å². The summed E-state index contributed by atoms with van der Waals surface area (Å²) in [6.45, 7) is 15.6. The SMILES string of the molecule is C=CCCCCCCCCCCCC(C)C.CC(C)C(c1ccccc1)C1CN(C)C1. The van der Waals surface area contributed by atoms with Crippen LogP contribution >= 0.6 is 0 Å². The molecule has 1 heteroatoms. The number of nitrogens with zero attached hydrogens (tertiary/aromatic N) is 1. The summed E-state index contributed by atoms with van der Waals surface area (Å²) >= 11 is 0. The lowest BCUT2D eigenvalue weighted by molar-refractivity contribution is 0.0949. The first kappa shape index (κ1) is 28.0. The Morgan fingerprint density at radius 3 is 1.81 bits per heavy atom. The van der Waals surface area contributed by atoms with Gasteiger partial charge in [-0.15, -0.1) is 6.58 Å². The quantitative estimate of drug-likeness (QED) is 0.199. The zero-order valence-electron chi connectivity index (χ0n) is 21.6. The van der Waals surface area contributed by atoms with Crippen LogP contribution in [0.4, 0.5) is 0 Å². The van der Waals surface area contributed by atoms with Crippen molar-refractivity contribution in [2.75, 3.05) is 20.1 Å². The van der Waals surface area contributed by atoms with Gasteiger partial charge in [-0.25, -0.2) is 0 Å². The standard InChI is InChI=1S/C16H32.C14H21N/c1-4-5-6-7-8-9-10-11-12-13-14-15-16(2)3;1-11(2)14(13-9-15(3)10-13)12-7-5-4-6-8-12/h4,16H,1,5-15H2,2-3H3;4-8,11,13-14H,9-10H2,1-3H3. The topological polar surface area (TPSA) is 3.24 Å². The molecule has 1 atom stereocenters. The summed E-state index contributed by atoms with van der Waals surface area (Å²) < 4.78 is 0. The van der Waals surface area contributed by atoms with E-state index in [9.17, 15) is 0 Å². The normalized spacial score (nSPS) is 15.5. The van der Waals surface area contributed by atoms with Gasteiger partial charge in [0, 0.05) is 13.1 Å². The van der Waals surface area contributed by atoms with Crippen LogP contribution in [0.15, 0.2) is 43.0 Å². The molecule has 1 fully saturated rings. The Labute approximate surface area is 195 Å². The first-order valence-electron chi connectivity index (χ1n) is 13.3. The van der Waals surface area contributed by atoms with Crippen LogP contribution in [0.2, 0.25) is 0 Å². The van der Waals surface area contributed by atoms with Gasteiger partial charge in [0.1, 0.15) is 0 Å². The van der Waals surface area contributed by atoms with Crippen molar-refractivity contribution in [1.29, 1.82) is 0 Å². The number of allylic oxidation sites excluding steroid dienone is 1. The summed E-state index contributed by atoms with van der Waals surface area (Å²) in [5.74, 6) is 3.23. The minimum absolute atomic E-state index is 0.738. The number of rotatable bonds is 15. The monoisotopic (exact) mass is 427 g/mol. The molecule has 1 aromatic rings. The molecule has 0 aromatic heterocycles. The Kier molecular flexibility index (Phi) is 15.8. The van der Waals surface area contributed by atoms with Crippen molar-refractivity contribution in [2.45, 2.75) is 104 Å². The third kappa shape index (κ3) is 13.2. The van der Waals surface area contributed by atoms with Crippen LogP contribution in [0, 0.1) is 17.8 Å². The first-order valence-corrected chi connectivity index (χ1v) is 13.3. The molecule has 31 heavy (non-hydrogen) atoms. The molecule has 1 aliphatic rings. The number of likely N-dealkylation sites (tertiary alicyclic amines) is 1. The Hall–Kier alpha value is -1.08. The second-order valence-electron chi connectivity index (χ2n) is 10.6. The molecule has 0 radical (unpaired) electrons. The molecule has 2 rings (SSSR count). The van der Waals surface area contributed by atoms with Crippen LogP contribution in [0.1, 0.15) is 110 Å². The number of hydrogen-bond donors (Lipinski definition) is 0. The van der Waals surface area contributed by atoms with Crippen LogP contribution in [0.25, 0.3) is 0 Å². The fourth-order valence-corrected chi connectivity index (χ4v) is 4.93. The maximum absolute atomic E-state index is 3.75. The molecule has 1 heterocycles. The lowest BCUT2D eigenvalue weighted by Crippen LogP contribution is -2.47. The summed E-state index contributed by atoms with van der Waals surface area (Å²) in [6, 6.07) is 11.0. The van der Waals surface area contributed by atoms with Crippen LogP contribution < -0.4 is 0 Å². The van der Waals surface area contributed by atoms with Crippen LogP contribution in [-0.2, 0) is 0 Å². The van der Waals surface area contributed by atoms with Crippen molar-refractivity contribution < 1.29 is 0 Å². The molecule has 1 unspecified atom stereocenters. The maximum atomic E-state index is 3.75. The Morgan fingerprint density at radius 2 is 1.35 bits per heavy atom. The van der Waals surface area contributed by atoms with E-state index in [1.54, 1.807) is 0 Å². The van der Waals surface area contributed by atoms with Gasteiger partial charge < -0.3 is 4.90 Å². The maximum Gasteiger partial charge on any atom is 0.00249 e. The minimum atomic E-state index is 0.738. The van der Waals surface area contributed by atoms with E-state index in [1.165, 1.54) is 89.3 Å². The fourth-order valence-electron chi connectivity index (χ4n) is 4.93. The minimum Gasteiger partial charge on any atom is -0.306 e. The van der Waals surface area contributed by atoms with E-state index < -0.39 is 0 Å². The summed E-state index contributed by atoms with van der Waals surface area (Å²) in [7, 11) is 2.21. The largest absolute Gasteiger partial charge is 0.306 e. The van der Waals surface area contributed by atoms with Gasteiger partial charge in [0.15, 0.2) is 0 Å². The molecule has 0 N–H and O–H groups in total. The molecule has 1 aliphatic heterocycles. The van der Waals surface area contributed by atoms with Crippen LogP contribution in [0.3, 0.4) is 0 Å². The predicted octanol–water partition coefficient (Wildman–Crippen LogP) is 9.11. The highest BCUT2D eigenvalue weighted by Gasteiger charge is 2.33. The van der Waals surface area contributed by atoms with Crippen LogP contribution in [-0.4, -0.2) is 25.0 Å². The molecule has 0 aliphatic carbocycles. The summed E-state index contributed by atoms with van der Waals surface area (Å²) in [4.78, 5) is 2.41. The average molecular weight is 428 g/mol. The molecule has 0 saturated carbocycles. The summed E-state index contributed by atoms with van der Waals surface area (Å²) in [5, 5.41) is 0. The van der Waals surface area contributed by atoms with Crippen molar-refractivity contribution >= 4 is 0 Å². The lowest BCUT2D eigenvalue weighted by atomic mass is 9.75. The Bertz CT molecular complexity index is 527. The van der Waals surface area contributed by atoms with Gasteiger partial charge in [-0.3, -0.25) is 0 Å². The third-order valence-corrected chi connectivity index (χ3v) is 6.69. The van der Waals surface area contributed by atoms with Gasteiger partial charge in [0.25, 0.3) is 0 Å². The Balaban J connectivity index is 0.000000310. The van der Waals surface area contributed by atoms with E-state index in [0.29, 0.717) is 0 Å². The third-order valence-electron chi connectivity index (χ3n) is 6.69. The van der Waals surface area contributed by atoms with Gasteiger partial charge in [0.2, 0.25) is 0 Å². The number of hydrogen-bond acceptors (Lipinski definition) is 1. The molecule has 1 aromatic carbocycles. The highest BCUT2D eigenvalue weighted by atomic mass is 15.2. The second kappa shape index (κ2) is 17.5. The molecule has 0 bridgehead atoms. The highest BCUT2D eigenvalue weighted by molar-refractivity contribution is 5.22. The zero-order valence-corrected chi connectivity index (χ0v) is 21.6. The van der Waals surface area contributed by atoms with E-state index in [0.717, 1.165) is 23.7 Å². The van der Waals surface area contributed by atoms with Gasteiger partial charge in [-0.1, -0.05) is 122 Å². The van der Waals surface area contributed by atoms with Crippen molar-refractivity contribution in [3.05, 3.63) is 48.6 Å². The van der Waals surface area contributed by atoms with E-state index in [4.69, 9.17) is 0 Å². The molecule has 1 saturated heterocycles. The molecule has 178 valence electrons. The summed E-state index contributed by atoms with van der Waals surface area (Å²) in [5.41, 5.74) is 1.52. The van der Waals surface area contributed by atoms with Crippen molar-refractivity contribution in [1.82, 2.24) is 4.90 Å². The summed E-state index contributed by atoms with van der Waals surface area (Å²) in [6.07, 6.45) is 17.5. The predicted molar refractivity (Wildman–Crippen MR) is 141 cm³/mol. The van der Waals surface area contributed by atoms with Crippen molar-refractivity contribution in [3.63, 3.8) is 0 Å². The molecule has 0 spiro atoms. The van der Waals surface area contributed by atoms with Gasteiger partial charge in [-0.2, -0.15) is 0 Å². The van der Waals surface area contributed by atoms with E-state index in [-0.39, 0.29) is 0 Å². The first-order chi connectivity index (χ1) is 15.0. The number of unbranched alkanes of at least 4 members (excludes halogenated alkanes) is 9. The van der Waals surface area contributed by atoms with Gasteiger partial charge in [0.05, 0.1) is 0 Å². The van der Waals surface area contributed by atoms with Gasteiger partial charge >= 0.3 is 0 Å². The second-order valence-corrected chi connectivity index (χ2v) is 10.6. The highest BCUT2D eigenvalue weighted by Crippen LogP contribution is 2.36. The number of benzene rings is 1. The lowest BCUT2D eigenvalue weighted by Gasteiger charge is -2.43. The van der Waals surface area contributed by atoms with Crippen molar-refractivity contribution in [2.24, 2.45) is 17.8 Å². The Morgan fingerprint density at radius 1 is 0.839 bits per heavy atom. The molecule has 1 nitrogen and oxygen atoms in total. The van der Waals surface area contributed by atoms with E-state index in [1.807, 2.05) is 6.08 Å².